The molecule has 0 spiro atoms. The Balaban J connectivity index is 3.25. The predicted molar refractivity (Wildman–Crippen MR) is 71.4 cm³/mol. The summed E-state index contributed by atoms with van der Waals surface area (Å²) in [6.07, 6.45) is 0.729. The highest BCUT2D eigenvalue weighted by atomic mass is 35.7. The van der Waals surface area contributed by atoms with Gasteiger partial charge < -0.3 is 5.32 Å². The van der Waals surface area contributed by atoms with Gasteiger partial charge in [0.2, 0.25) is 0 Å². The lowest BCUT2D eigenvalue weighted by molar-refractivity contribution is 0.0939. The number of hydrogen-bond donors (Lipinski definition) is 1. The standard InChI is InChI=1S/C12H15ClFNO3S/c1-4-8(3)15-12(16)9-5-7(2)11(14)10(6-9)19(13,17)18/h5-6,8H,4H2,1-3H3,(H,15,16). The van der Waals surface area contributed by atoms with Gasteiger partial charge in [0, 0.05) is 22.3 Å². The molecule has 1 rings (SSSR count). The molecule has 0 saturated carbocycles. The number of nitrogens with one attached hydrogen (secondary N) is 1. The molecule has 0 aliphatic heterocycles. The van der Waals surface area contributed by atoms with Gasteiger partial charge in [-0.3, -0.25) is 4.79 Å². The number of carbonyl (C=O) groups excluding carboxylic acids is 1. The molecule has 106 valence electrons. The lowest BCUT2D eigenvalue weighted by atomic mass is 10.1. The van der Waals surface area contributed by atoms with Crippen LogP contribution < -0.4 is 5.32 Å². The second-order valence-corrected chi connectivity index (χ2v) is 6.86. The quantitative estimate of drug-likeness (QED) is 0.870. The summed E-state index contributed by atoms with van der Waals surface area (Å²) in [6.45, 7) is 5.09. The van der Waals surface area contributed by atoms with Gasteiger partial charge in [-0.05, 0) is 38.0 Å². The van der Waals surface area contributed by atoms with Crippen molar-refractivity contribution in [1.82, 2.24) is 5.32 Å². The van der Waals surface area contributed by atoms with Gasteiger partial charge >= 0.3 is 0 Å². The molecule has 1 aromatic carbocycles. The van der Waals surface area contributed by atoms with Gasteiger partial charge in [0.15, 0.2) is 0 Å². The van der Waals surface area contributed by atoms with Gasteiger partial charge in [-0.25, -0.2) is 12.8 Å². The van der Waals surface area contributed by atoms with E-state index in [1.165, 1.54) is 13.0 Å². The Morgan fingerprint density at radius 1 is 1.47 bits per heavy atom. The van der Waals surface area contributed by atoms with E-state index < -0.39 is 25.7 Å². The molecule has 0 aliphatic rings. The molecule has 0 aliphatic carbocycles. The lowest BCUT2D eigenvalue weighted by Gasteiger charge is -2.12. The van der Waals surface area contributed by atoms with Gasteiger partial charge in [0.1, 0.15) is 10.7 Å². The van der Waals surface area contributed by atoms with Crippen LogP contribution in [0.3, 0.4) is 0 Å². The summed E-state index contributed by atoms with van der Waals surface area (Å²) in [5.41, 5.74) is 0.120. The maximum Gasteiger partial charge on any atom is 0.264 e. The van der Waals surface area contributed by atoms with Crippen LogP contribution in [-0.2, 0) is 9.05 Å². The molecule has 0 fully saturated rings. The van der Waals surface area contributed by atoms with Gasteiger partial charge in [-0.2, -0.15) is 0 Å². The monoisotopic (exact) mass is 307 g/mol. The zero-order chi connectivity index (χ0) is 14.8. The fourth-order valence-corrected chi connectivity index (χ4v) is 2.43. The van der Waals surface area contributed by atoms with Crippen molar-refractivity contribution in [1.29, 1.82) is 0 Å². The zero-order valence-electron chi connectivity index (χ0n) is 10.8. The maximum atomic E-state index is 13.7. The zero-order valence-corrected chi connectivity index (χ0v) is 12.4. The first kappa shape index (κ1) is 15.9. The summed E-state index contributed by atoms with van der Waals surface area (Å²) >= 11 is 0. The molecule has 0 saturated heterocycles. The minimum Gasteiger partial charge on any atom is -0.350 e. The second-order valence-electron chi connectivity index (χ2n) is 4.33. The van der Waals surface area contributed by atoms with E-state index in [1.807, 2.05) is 13.8 Å². The van der Waals surface area contributed by atoms with Gasteiger partial charge in [0.25, 0.3) is 15.0 Å². The summed E-state index contributed by atoms with van der Waals surface area (Å²) in [7, 11) is 0.917. The molecule has 0 radical (unpaired) electrons. The third kappa shape index (κ3) is 3.91. The van der Waals surface area contributed by atoms with E-state index in [0.29, 0.717) is 0 Å². The summed E-state index contributed by atoms with van der Waals surface area (Å²) in [5, 5.41) is 2.67. The number of rotatable bonds is 4. The van der Waals surface area contributed by atoms with E-state index in [4.69, 9.17) is 10.7 Å². The number of carbonyl (C=O) groups is 1. The van der Waals surface area contributed by atoms with E-state index in [9.17, 15) is 17.6 Å². The van der Waals surface area contributed by atoms with E-state index in [0.717, 1.165) is 12.5 Å². The lowest BCUT2D eigenvalue weighted by Crippen LogP contribution is -2.32. The third-order valence-electron chi connectivity index (χ3n) is 2.74. The highest BCUT2D eigenvalue weighted by molar-refractivity contribution is 8.13. The minimum atomic E-state index is -4.23. The molecule has 19 heavy (non-hydrogen) atoms. The van der Waals surface area contributed by atoms with Crippen molar-refractivity contribution in [3.63, 3.8) is 0 Å². The number of hydrogen-bond acceptors (Lipinski definition) is 3. The topological polar surface area (TPSA) is 63.2 Å². The van der Waals surface area contributed by atoms with Crippen molar-refractivity contribution < 1.29 is 17.6 Å². The smallest absolute Gasteiger partial charge is 0.264 e. The van der Waals surface area contributed by atoms with Gasteiger partial charge in [-0.15, -0.1) is 0 Å². The van der Waals surface area contributed by atoms with Crippen LogP contribution in [0.4, 0.5) is 4.39 Å². The van der Waals surface area contributed by atoms with E-state index in [-0.39, 0.29) is 17.2 Å². The Morgan fingerprint density at radius 2 is 2.05 bits per heavy atom. The van der Waals surface area contributed by atoms with Crippen molar-refractivity contribution in [3.8, 4) is 0 Å². The van der Waals surface area contributed by atoms with Crippen molar-refractivity contribution >= 4 is 25.6 Å². The van der Waals surface area contributed by atoms with E-state index >= 15 is 0 Å². The largest absolute Gasteiger partial charge is 0.350 e. The van der Waals surface area contributed by atoms with Crippen molar-refractivity contribution in [3.05, 3.63) is 29.1 Å². The number of halogens is 2. The van der Waals surface area contributed by atoms with Crippen LogP contribution in [0.25, 0.3) is 0 Å². The molecule has 1 N–H and O–H groups in total. The average molecular weight is 308 g/mol. The van der Waals surface area contributed by atoms with Crippen LogP contribution in [0.5, 0.6) is 0 Å². The summed E-state index contributed by atoms with van der Waals surface area (Å²) in [5.74, 6) is -1.39. The molecular formula is C12H15ClFNO3S. The third-order valence-corrected chi connectivity index (χ3v) is 4.06. The SMILES string of the molecule is CCC(C)NC(=O)c1cc(C)c(F)c(S(=O)(=O)Cl)c1. The van der Waals surface area contributed by atoms with Crippen LogP contribution in [0.2, 0.25) is 0 Å². The molecule has 7 heteroatoms. The molecule has 1 atom stereocenters. The highest BCUT2D eigenvalue weighted by Gasteiger charge is 2.21. The normalized spacial score (nSPS) is 13.1. The van der Waals surface area contributed by atoms with Crippen molar-refractivity contribution in [2.45, 2.75) is 38.1 Å². The van der Waals surface area contributed by atoms with Crippen molar-refractivity contribution in [2.24, 2.45) is 0 Å². The van der Waals surface area contributed by atoms with E-state index in [2.05, 4.69) is 5.32 Å². The summed E-state index contributed by atoms with van der Waals surface area (Å²) < 4.78 is 36.2. The van der Waals surface area contributed by atoms with E-state index in [1.54, 1.807) is 0 Å². The fourth-order valence-electron chi connectivity index (χ4n) is 1.45. The first-order chi connectivity index (χ1) is 8.66. The average Bonchev–Trinajstić information content (AvgIpc) is 2.30. The van der Waals surface area contributed by atoms with Crippen LogP contribution in [0, 0.1) is 12.7 Å². The summed E-state index contributed by atoms with van der Waals surface area (Å²) in [4.78, 5) is 11.2. The maximum absolute atomic E-state index is 13.7. The second kappa shape index (κ2) is 5.88. The van der Waals surface area contributed by atoms with Crippen molar-refractivity contribution in [2.75, 3.05) is 0 Å². The minimum absolute atomic E-state index is 0.0519. The molecule has 4 nitrogen and oxygen atoms in total. The number of amides is 1. The molecule has 0 aromatic heterocycles. The van der Waals surface area contributed by atoms with Crippen LogP contribution in [-0.4, -0.2) is 20.4 Å². The Bertz CT molecular complexity index is 601. The number of benzene rings is 1. The molecule has 1 aromatic rings. The predicted octanol–water partition coefficient (Wildman–Crippen LogP) is 2.59. The first-order valence-electron chi connectivity index (χ1n) is 5.72. The fraction of sp³-hybridized carbons (Fsp3) is 0.417. The van der Waals surface area contributed by atoms with Crippen LogP contribution >= 0.6 is 10.7 Å². The van der Waals surface area contributed by atoms with Gasteiger partial charge in [0.05, 0.1) is 0 Å². The first-order valence-corrected chi connectivity index (χ1v) is 8.03. The Morgan fingerprint density at radius 3 is 2.53 bits per heavy atom. The Labute approximate surface area is 116 Å². The number of aryl methyl sites for hydroxylation is 1. The molecule has 0 heterocycles. The Hall–Kier alpha value is -1.14. The Kier molecular flexibility index (Phi) is 4.92. The highest BCUT2D eigenvalue weighted by Crippen LogP contribution is 2.23. The van der Waals surface area contributed by atoms with Crippen LogP contribution in [0.1, 0.15) is 36.2 Å². The molecule has 1 amide bonds. The molecule has 0 bridgehead atoms. The molecule has 1 unspecified atom stereocenters. The molecular weight excluding hydrogens is 293 g/mol. The summed E-state index contributed by atoms with van der Waals surface area (Å²) in [6, 6.07) is 2.18. The van der Waals surface area contributed by atoms with Crippen LogP contribution in [0.15, 0.2) is 17.0 Å². The van der Waals surface area contributed by atoms with Gasteiger partial charge in [-0.1, -0.05) is 6.92 Å².